The largest absolute Gasteiger partial charge is 0.339 e. The molecule has 5 aromatic rings. The summed E-state index contributed by atoms with van der Waals surface area (Å²) in [6, 6.07) is 11.5. The third kappa shape index (κ3) is 3.16. The number of benzene rings is 1. The predicted octanol–water partition coefficient (Wildman–Crippen LogP) is 5.10. The summed E-state index contributed by atoms with van der Waals surface area (Å²) in [6.45, 7) is 0. The predicted molar refractivity (Wildman–Crippen MR) is 109 cm³/mol. The number of hydrogen-bond donors (Lipinski definition) is 3. The van der Waals surface area contributed by atoms with Crippen LogP contribution in [-0.2, 0) is 0 Å². The number of rotatable bonds is 4. The van der Waals surface area contributed by atoms with Crippen molar-refractivity contribution in [2.24, 2.45) is 0 Å². The highest BCUT2D eigenvalue weighted by molar-refractivity contribution is 7.17. The van der Waals surface area contributed by atoms with Gasteiger partial charge in [-0.3, -0.25) is 5.10 Å². The Balaban J connectivity index is 1.52. The first kappa shape index (κ1) is 16.0. The van der Waals surface area contributed by atoms with Crippen molar-refractivity contribution >= 4 is 67.2 Å². The number of nitrogens with one attached hydrogen (secondary N) is 3. The van der Waals surface area contributed by atoms with Crippen LogP contribution >= 0.6 is 22.9 Å². The molecule has 0 atom stereocenters. The SMILES string of the molecule is Clc1ccc(Nc2nc(Nc3ccc4[nH]ncc4c3)c3sccc3n2)cn1. The maximum absolute atomic E-state index is 5.84. The molecule has 0 saturated heterocycles. The molecule has 5 rings (SSSR count). The number of aromatic amines is 1. The molecule has 0 saturated carbocycles. The first-order valence-electron chi connectivity index (χ1n) is 8.08. The number of thiophene rings is 1. The standard InChI is InChI=1S/C18H12ClN7S/c19-15-4-2-12(9-20-15)23-18-24-14-5-6-27-16(14)17(25-18)22-11-1-3-13-10(7-11)8-21-26-13/h1-9H,(H,21,26)(H2,22,23,24,25). The number of H-pyrrole nitrogens is 1. The Hall–Kier alpha value is -3.23. The zero-order valence-corrected chi connectivity index (χ0v) is 15.3. The number of hydrogen-bond acceptors (Lipinski definition) is 7. The molecule has 4 heterocycles. The van der Waals surface area contributed by atoms with Gasteiger partial charge in [0.2, 0.25) is 5.95 Å². The van der Waals surface area contributed by atoms with Gasteiger partial charge in [0.25, 0.3) is 0 Å². The van der Waals surface area contributed by atoms with Crippen LogP contribution in [0.2, 0.25) is 5.15 Å². The zero-order valence-electron chi connectivity index (χ0n) is 13.8. The van der Waals surface area contributed by atoms with Crippen LogP contribution < -0.4 is 10.6 Å². The summed E-state index contributed by atoms with van der Waals surface area (Å²) in [7, 11) is 0. The molecule has 27 heavy (non-hydrogen) atoms. The summed E-state index contributed by atoms with van der Waals surface area (Å²) in [4.78, 5) is 13.3. The summed E-state index contributed by atoms with van der Waals surface area (Å²) in [5, 5.41) is 17.0. The Kier molecular flexibility index (Phi) is 3.84. The van der Waals surface area contributed by atoms with Crippen LogP contribution in [0, 0.1) is 0 Å². The normalized spacial score (nSPS) is 11.1. The molecule has 0 radical (unpaired) electrons. The average molecular weight is 394 g/mol. The van der Waals surface area contributed by atoms with Gasteiger partial charge in [0, 0.05) is 11.1 Å². The van der Waals surface area contributed by atoms with Gasteiger partial charge >= 0.3 is 0 Å². The van der Waals surface area contributed by atoms with Crippen molar-refractivity contribution in [1.29, 1.82) is 0 Å². The lowest BCUT2D eigenvalue weighted by Gasteiger charge is -2.10. The van der Waals surface area contributed by atoms with Gasteiger partial charge in [-0.2, -0.15) is 10.1 Å². The second kappa shape index (κ2) is 6.49. The number of anilines is 4. The van der Waals surface area contributed by atoms with Crippen molar-refractivity contribution < 1.29 is 0 Å². The van der Waals surface area contributed by atoms with Crippen LogP contribution in [0.5, 0.6) is 0 Å². The molecule has 4 aromatic heterocycles. The van der Waals surface area contributed by atoms with Crippen molar-refractivity contribution in [3.8, 4) is 0 Å². The third-order valence-corrected chi connectivity index (χ3v) is 5.12. The molecule has 9 heteroatoms. The first-order valence-corrected chi connectivity index (χ1v) is 9.34. The van der Waals surface area contributed by atoms with Gasteiger partial charge in [-0.25, -0.2) is 9.97 Å². The van der Waals surface area contributed by atoms with E-state index in [2.05, 4.69) is 35.8 Å². The minimum Gasteiger partial charge on any atom is -0.339 e. The molecule has 0 aliphatic rings. The Morgan fingerprint density at radius 3 is 2.78 bits per heavy atom. The van der Waals surface area contributed by atoms with E-state index in [1.807, 2.05) is 35.7 Å². The smallest absolute Gasteiger partial charge is 0.229 e. The van der Waals surface area contributed by atoms with E-state index < -0.39 is 0 Å². The lowest BCUT2D eigenvalue weighted by Crippen LogP contribution is -2.01. The summed E-state index contributed by atoms with van der Waals surface area (Å²) in [5.41, 5.74) is 3.55. The van der Waals surface area contributed by atoms with E-state index in [-0.39, 0.29) is 0 Å². The van der Waals surface area contributed by atoms with Crippen molar-refractivity contribution in [3.05, 3.63) is 59.3 Å². The Morgan fingerprint density at radius 1 is 0.963 bits per heavy atom. The third-order valence-electron chi connectivity index (χ3n) is 3.99. The van der Waals surface area contributed by atoms with Gasteiger partial charge in [0.1, 0.15) is 5.15 Å². The van der Waals surface area contributed by atoms with Crippen LogP contribution in [-0.4, -0.2) is 25.1 Å². The first-order chi connectivity index (χ1) is 13.2. The second-order valence-corrected chi connectivity index (χ2v) is 7.13. The highest BCUT2D eigenvalue weighted by Gasteiger charge is 2.10. The molecular formula is C18H12ClN7S. The Labute approximate surface area is 162 Å². The lowest BCUT2D eigenvalue weighted by molar-refractivity contribution is 1.12. The number of pyridine rings is 1. The molecule has 0 aliphatic carbocycles. The molecule has 7 nitrogen and oxygen atoms in total. The molecule has 3 N–H and O–H groups in total. The van der Waals surface area contributed by atoms with Crippen molar-refractivity contribution in [2.45, 2.75) is 0 Å². The van der Waals surface area contributed by atoms with Crippen LogP contribution in [0.4, 0.5) is 23.1 Å². The number of halogens is 1. The maximum atomic E-state index is 5.84. The maximum Gasteiger partial charge on any atom is 0.229 e. The van der Waals surface area contributed by atoms with Crippen LogP contribution in [0.3, 0.4) is 0 Å². The molecule has 0 aliphatic heterocycles. The van der Waals surface area contributed by atoms with Gasteiger partial charge < -0.3 is 10.6 Å². The summed E-state index contributed by atoms with van der Waals surface area (Å²) in [6.07, 6.45) is 3.44. The van der Waals surface area contributed by atoms with E-state index in [1.54, 1.807) is 29.8 Å². The highest BCUT2D eigenvalue weighted by Crippen LogP contribution is 2.31. The van der Waals surface area contributed by atoms with E-state index in [1.165, 1.54) is 0 Å². The average Bonchev–Trinajstić information content (AvgIpc) is 3.32. The van der Waals surface area contributed by atoms with Crippen molar-refractivity contribution in [2.75, 3.05) is 10.6 Å². The molecule has 0 fully saturated rings. The molecular weight excluding hydrogens is 382 g/mol. The van der Waals surface area contributed by atoms with Gasteiger partial charge in [0.15, 0.2) is 5.82 Å². The van der Waals surface area contributed by atoms with Crippen LogP contribution in [0.1, 0.15) is 0 Å². The van der Waals surface area contributed by atoms with Gasteiger partial charge in [-0.05, 0) is 41.8 Å². The fourth-order valence-electron chi connectivity index (χ4n) is 2.74. The van der Waals surface area contributed by atoms with Crippen LogP contribution in [0.15, 0.2) is 54.2 Å². The summed E-state index contributed by atoms with van der Waals surface area (Å²) in [5.74, 6) is 1.22. The topological polar surface area (TPSA) is 91.4 Å². The molecule has 0 unspecified atom stereocenters. The van der Waals surface area contributed by atoms with Crippen molar-refractivity contribution in [3.63, 3.8) is 0 Å². The Morgan fingerprint density at radius 2 is 1.89 bits per heavy atom. The molecule has 0 amide bonds. The zero-order chi connectivity index (χ0) is 18.2. The van der Waals surface area contributed by atoms with Crippen LogP contribution in [0.25, 0.3) is 21.1 Å². The quantitative estimate of drug-likeness (QED) is 0.368. The molecule has 0 spiro atoms. The minimum absolute atomic E-state index is 0.437. The number of fused-ring (bicyclic) bond motifs is 2. The van der Waals surface area contributed by atoms with E-state index in [4.69, 9.17) is 11.6 Å². The Bertz CT molecular complexity index is 1250. The number of nitrogens with zero attached hydrogens (tertiary/aromatic N) is 4. The van der Waals surface area contributed by atoms with E-state index in [0.717, 1.165) is 38.3 Å². The van der Waals surface area contributed by atoms with Gasteiger partial charge in [0.05, 0.1) is 33.8 Å². The number of aromatic nitrogens is 5. The molecule has 1 aromatic carbocycles. The van der Waals surface area contributed by atoms with E-state index in [0.29, 0.717) is 11.1 Å². The van der Waals surface area contributed by atoms with E-state index in [9.17, 15) is 0 Å². The monoisotopic (exact) mass is 393 g/mol. The summed E-state index contributed by atoms with van der Waals surface area (Å²) < 4.78 is 0.988. The fourth-order valence-corrected chi connectivity index (χ4v) is 3.63. The second-order valence-electron chi connectivity index (χ2n) is 5.82. The van der Waals surface area contributed by atoms with Gasteiger partial charge in [-0.15, -0.1) is 11.3 Å². The summed E-state index contributed by atoms with van der Waals surface area (Å²) >= 11 is 7.43. The molecule has 132 valence electrons. The van der Waals surface area contributed by atoms with E-state index >= 15 is 0 Å². The van der Waals surface area contributed by atoms with Gasteiger partial charge in [-0.1, -0.05) is 11.6 Å². The van der Waals surface area contributed by atoms with Crippen molar-refractivity contribution in [1.82, 2.24) is 25.1 Å². The molecule has 0 bridgehead atoms. The highest BCUT2D eigenvalue weighted by atomic mass is 35.5. The fraction of sp³-hybridized carbons (Fsp3) is 0. The lowest BCUT2D eigenvalue weighted by atomic mass is 10.2. The minimum atomic E-state index is 0.437.